The SMILES string of the molecule is Cc1ccc(NC(=O)CCN2CCNCC2)cc1Nc1ncc(-c2cccnc2)o1. The van der Waals surface area contributed by atoms with Gasteiger partial charge in [0.15, 0.2) is 5.76 Å². The summed E-state index contributed by atoms with van der Waals surface area (Å²) in [4.78, 5) is 23.1. The van der Waals surface area contributed by atoms with E-state index >= 15 is 0 Å². The fourth-order valence-corrected chi connectivity index (χ4v) is 3.34. The molecule has 1 aromatic carbocycles. The molecule has 8 heteroatoms. The van der Waals surface area contributed by atoms with Crippen LogP contribution in [0, 0.1) is 6.92 Å². The van der Waals surface area contributed by atoms with Crippen LogP contribution in [0.1, 0.15) is 12.0 Å². The molecule has 30 heavy (non-hydrogen) atoms. The lowest BCUT2D eigenvalue weighted by Crippen LogP contribution is -2.44. The van der Waals surface area contributed by atoms with E-state index in [1.165, 1.54) is 0 Å². The molecule has 2 aromatic heterocycles. The number of aromatic nitrogens is 2. The van der Waals surface area contributed by atoms with Crippen molar-refractivity contribution in [2.45, 2.75) is 13.3 Å². The summed E-state index contributed by atoms with van der Waals surface area (Å²) < 4.78 is 5.80. The number of hydrogen-bond acceptors (Lipinski definition) is 7. The molecule has 0 saturated carbocycles. The average molecular weight is 406 g/mol. The first-order chi connectivity index (χ1) is 14.7. The van der Waals surface area contributed by atoms with E-state index in [4.69, 9.17) is 4.42 Å². The van der Waals surface area contributed by atoms with Gasteiger partial charge in [0.1, 0.15) is 0 Å². The van der Waals surface area contributed by atoms with Gasteiger partial charge in [0.05, 0.1) is 6.20 Å². The van der Waals surface area contributed by atoms with Gasteiger partial charge in [-0.25, -0.2) is 4.98 Å². The van der Waals surface area contributed by atoms with Gasteiger partial charge in [-0.1, -0.05) is 6.07 Å². The topological polar surface area (TPSA) is 95.3 Å². The number of nitrogens with zero attached hydrogens (tertiary/aromatic N) is 3. The predicted molar refractivity (Wildman–Crippen MR) is 117 cm³/mol. The van der Waals surface area contributed by atoms with Crippen molar-refractivity contribution in [1.82, 2.24) is 20.2 Å². The first-order valence-corrected chi connectivity index (χ1v) is 10.1. The van der Waals surface area contributed by atoms with Crippen LogP contribution in [-0.2, 0) is 4.79 Å². The molecule has 1 aliphatic heterocycles. The number of benzene rings is 1. The third-order valence-corrected chi connectivity index (χ3v) is 5.08. The highest BCUT2D eigenvalue weighted by molar-refractivity contribution is 5.91. The van der Waals surface area contributed by atoms with Gasteiger partial charge >= 0.3 is 0 Å². The second-order valence-corrected chi connectivity index (χ2v) is 7.32. The first-order valence-electron chi connectivity index (χ1n) is 10.1. The second kappa shape index (κ2) is 9.51. The van der Waals surface area contributed by atoms with Gasteiger partial charge < -0.3 is 25.3 Å². The van der Waals surface area contributed by atoms with E-state index < -0.39 is 0 Å². The van der Waals surface area contributed by atoms with Gasteiger partial charge in [-0.3, -0.25) is 9.78 Å². The molecule has 3 N–H and O–H groups in total. The van der Waals surface area contributed by atoms with Gasteiger partial charge in [-0.2, -0.15) is 0 Å². The monoisotopic (exact) mass is 406 g/mol. The van der Waals surface area contributed by atoms with Crippen molar-refractivity contribution < 1.29 is 9.21 Å². The van der Waals surface area contributed by atoms with E-state index in [1.54, 1.807) is 18.6 Å². The predicted octanol–water partition coefficient (Wildman–Crippen LogP) is 3.02. The molecule has 156 valence electrons. The minimum Gasteiger partial charge on any atom is -0.423 e. The lowest BCUT2D eigenvalue weighted by atomic mass is 10.1. The Morgan fingerprint density at radius 2 is 2.10 bits per heavy atom. The molecule has 8 nitrogen and oxygen atoms in total. The van der Waals surface area contributed by atoms with Gasteiger partial charge in [0, 0.05) is 68.5 Å². The molecule has 3 heterocycles. The smallest absolute Gasteiger partial charge is 0.299 e. The van der Waals surface area contributed by atoms with Crippen molar-refractivity contribution in [1.29, 1.82) is 0 Å². The summed E-state index contributed by atoms with van der Waals surface area (Å²) in [5.74, 6) is 0.652. The maximum absolute atomic E-state index is 12.4. The van der Waals surface area contributed by atoms with Crippen molar-refractivity contribution in [2.24, 2.45) is 0 Å². The molecule has 1 fully saturated rings. The fraction of sp³-hybridized carbons (Fsp3) is 0.318. The Morgan fingerprint density at radius 1 is 1.23 bits per heavy atom. The van der Waals surface area contributed by atoms with Crippen LogP contribution >= 0.6 is 0 Å². The molecular weight excluding hydrogens is 380 g/mol. The summed E-state index contributed by atoms with van der Waals surface area (Å²) in [6, 6.07) is 9.91. The van der Waals surface area contributed by atoms with Crippen LogP contribution in [-0.4, -0.2) is 53.5 Å². The summed E-state index contributed by atoms with van der Waals surface area (Å²) in [6.07, 6.45) is 5.58. The third-order valence-electron chi connectivity index (χ3n) is 5.08. The zero-order valence-corrected chi connectivity index (χ0v) is 17.0. The van der Waals surface area contributed by atoms with Crippen LogP contribution < -0.4 is 16.0 Å². The molecule has 0 unspecified atom stereocenters. The Labute approximate surface area is 175 Å². The van der Waals surface area contributed by atoms with Crippen LogP contribution in [0.4, 0.5) is 17.4 Å². The Balaban J connectivity index is 1.37. The molecule has 0 radical (unpaired) electrons. The number of aryl methyl sites for hydroxylation is 1. The van der Waals surface area contributed by atoms with Crippen LogP contribution in [0.2, 0.25) is 0 Å². The molecule has 3 aromatic rings. The van der Waals surface area contributed by atoms with Gasteiger partial charge in [-0.15, -0.1) is 0 Å². The molecule has 0 aliphatic carbocycles. The molecule has 0 bridgehead atoms. The largest absolute Gasteiger partial charge is 0.423 e. The molecule has 1 aliphatic rings. The van der Waals surface area contributed by atoms with E-state index in [0.29, 0.717) is 18.2 Å². The van der Waals surface area contributed by atoms with E-state index in [0.717, 1.165) is 55.2 Å². The lowest BCUT2D eigenvalue weighted by Gasteiger charge is -2.26. The van der Waals surface area contributed by atoms with Gasteiger partial charge in [0.25, 0.3) is 6.01 Å². The third kappa shape index (κ3) is 5.22. The van der Waals surface area contributed by atoms with Crippen LogP contribution in [0.5, 0.6) is 0 Å². The number of nitrogens with one attached hydrogen (secondary N) is 3. The lowest BCUT2D eigenvalue weighted by molar-refractivity contribution is -0.116. The number of rotatable bonds is 7. The van der Waals surface area contributed by atoms with E-state index in [9.17, 15) is 4.79 Å². The van der Waals surface area contributed by atoms with Crippen molar-refractivity contribution in [3.63, 3.8) is 0 Å². The second-order valence-electron chi connectivity index (χ2n) is 7.32. The number of oxazole rings is 1. The number of amides is 1. The summed E-state index contributed by atoms with van der Waals surface area (Å²) in [5.41, 5.74) is 3.46. The highest BCUT2D eigenvalue weighted by Gasteiger charge is 2.12. The Hall–Kier alpha value is -3.23. The normalized spacial score (nSPS) is 14.4. The van der Waals surface area contributed by atoms with Crippen molar-refractivity contribution in [3.8, 4) is 11.3 Å². The Kier molecular flexibility index (Phi) is 6.36. The standard InChI is InChI=1S/C22H26N6O2/c1-16-4-5-18(26-21(29)6-10-28-11-8-23-9-12-28)13-19(16)27-22-25-15-20(30-22)17-3-2-7-24-14-17/h2-5,7,13-15,23H,6,8-12H2,1H3,(H,25,27)(H,26,29). The van der Waals surface area contributed by atoms with E-state index in [1.807, 2.05) is 37.3 Å². The van der Waals surface area contributed by atoms with Crippen molar-refractivity contribution in [3.05, 3.63) is 54.5 Å². The Morgan fingerprint density at radius 3 is 2.90 bits per heavy atom. The summed E-state index contributed by atoms with van der Waals surface area (Å²) in [5, 5.41) is 9.50. The number of piperazine rings is 1. The Bertz CT molecular complexity index is 982. The van der Waals surface area contributed by atoms with Crippen molar-refractivity contribution >= 4 is 23.3 Å². The molecule has 1 saturated heterocycles. The van der Waals surface area contributed by atoms with E-state index in [-0.39, 0.29) is 5.91 Å². The minimum absolute atomic E-state index is 0.0123. The zero-order valence-electron chi connectivity index (χ0n) is 17.0. The maximum atomic E-state index is 12.4. The number of anilines is 3. The van der Waals surface area contributed by atoms with Gasteiger partial charge in [-0.05, 0) is 36.8 Å². The molecular formula is C22H26N6O2. The molecule has 0 atom stereocenters. The zero-order chi connectivity index (χ0) is 20.8. The number of carbonyl (C=O) groups excluding carboxylic acids is 1. The highest BCUT2D eigenvalue weighted by atomic mass is 16.4. The fourth-order valence-electron chi connectivity index (χ4n) is 3.34. The van der Waals surface area contributed by atoms with E-state index in [2.05, 4.69) is 30.8 Å². The first kappa shape index (κ1) is 20.1. The number of carbonyl (C=O) groups is 1. The summed E-state index contributed by atoms with van der Waals surface area (Å²) >= 11 is 0. The average Bonchev–Trinajstić information content (AvgIpc) is 3.25. The van der Waals surface area contributed by atoms with Crippen LogP contribution in [0.3, 0.4) is 0 Å². The van der Waals surface area contributed by atoms with Crippen LogP contribution in [0.25, 0.3) is 11.3 Å². The van der Waals surface area contributed by atoms with Crippen LogP contribution in [0.15, 0.2) is 53.3 Å². The number of pyridine rings is 1. The summed E-state index contributed by atoms with van der Waals surface area (Å²) in [7, 11) is 0. The molecule has 1 amide bonds. The maximum Gasteiger partial charge on any atom is 0.299 e. The van der Waals surface area contributed by atoms with Gasteiger partial charge in [0.2, 0.25) is 5.91 Å². The molecule has 0 spiro atoms. The minimum atomic E-state index is 0.0123. The quantitative estimate of drug-likeness (QED) is 0.555. The molecule has 4 rings (SSSR count). The highest BCUT2D eigenvalue weighted by Crippen LogP contribution is 2.27. The summed E-state index contributed by atoms with van der Waals surface area (Å²) in [6.45, 7) is 6.71. The number of hydrogen-bond donors (Lipinski definition) is 3. The van der Waals surface area contributed by atoms with Crippen molar-refractivity contribution in [2.75, 3.05) is 43.4 Å².